The summed E-state index contributed by atoms with van der Waals surface area (Å²) < 4.78 is 15.4. The molecule has 0 unspecified atom stereocenters. The lowest BCUT2D eigenvalue weighted by Gasteiger charge is -2.15. The van der Waals surface area contributed by atoms with Crippen molar-refractivity contribution in [2.75, 3.05) is 21.3 Å². The van der Waals surface area contributed by atoms with Gasteiger partial charge in [0.2, 0.25) is 5.91 Å². The predicted octanol–water partition coefficient (Wildman–Crippen LogP) is 2.97. The Balaban J connectivity index is 1.90. The van der Waals surface area contributed by atoms with Gasteiger partial charge in [-0.1, -0.05) is 12.1 Å². The molecule has 1 aromatic carbocycles. The first kappa shape index (κ1) is 18.6. The molecule has 0 N–H and O–H groups in total. The predicted molar refractivity (Wildman–Crippen MR) is 92.6 cm³/mol. The van der Waals surface area contributed by atoms with Gasteiger partial charge in [-0.05, 0) is 37.1 Å². The highest BCUT2D eigenvalue weighted by molar-refractivity contribution is 5.90. The van der Waals surface area contributed by atoms with Crippen LogP contribution in [-0.4, -0.2) is 38.0 Å². The van der Waals surface area contributed by atoms with Crippen LogP contribution in [0.15, 0.2) is 34.7 Å². The van der Waals surface area contributed by atoms with E-state index >= 15 is 0 Å². The van der Waals surface area contributed by atoms with Crippen molar-refractivity contribution in [1.82, 2.24) is 4.90 Å². The summed E-state index contributed by atoms with van der Waals surface area (Å²) in [7, 11) is 4.66. The smallest absolute Gasteiger partial charge is 0.341 e. The first-order valence-electron chi connectivity index (χ1n) is 7.99. The van der Waals surface area contributed by atoms with Crippen LogP contribution in [0.5, 0.6) is 5.75 Å². The fourth-order valence-electron chi connectivity index (χ4n) is 2.49. The number of aryl methyl sites for hydroxylation is 2. The number of hydrogen-bond acceptors (Lipinski definition) is 5. The average Bonchev–Trinajstić information content (AvgIpc) is 2.99. The number of carbonyl (C=O) groups is 2. The maximum absolute atomic E-state index is 12.3. The van der Waals surface area contributed by atoms with E-state index in [9.17, 15) is 9.59 Å². The highest BCUT2D eigenvalue weighted by Gasteiger charge is 2.17. The van der Waals surface area contributed by atoms with Crippen molar-refractivity contribution in [3.8, 4) is 5.75 Å². The molecule has 0 bridgehead atoms. The Labute approximate surface area is 147 Å². The minimum Gasteiger partial charge on any atom is -0.497 e. The summed E-state index contributed by atoms with van der Waals surface area (Å²) in [5.41, 5.74) is 1.46. The third-order valence-corrected chi connectivity index (χ3v) is 3.98. The average molecular weight is 345 g/mol. The number of ether oxygens (including phenoxy) is 2. The zero-order valence-corrected chi connectivity index (χ0v) is 15.0. The highest BCUT2D eigenvalue weighted by Crippen LogP contribution is 2.18. The summed E-state index contributed by atoms with van der Waals surface area (Å²) in [4.78, 5) is 25.5. The molecule has 25 heavy (non-hydrogen) atoms. The fraction of sp³-hybridized carbons (Fsp3) is 0.368. The van der Waals surface area contributed by atoms with Crippen molar-refractivity contribution >= 4 is 11.9 Å². The number of rotatable bonds is 7. The molecule has 0 spiro atoms. The minimum absolute atomic E-state index is 0.00416. The lowest BCUT2D eigenvalue weighted by atomic mass is 10.1. The molecule has 2 aromatic rings. The van der Waals surface area contributed by atoms with Crippen LogP contribution in [0, 0.1) is 6.92 Å². The maximum atomic E-state index is 12.3. The lowest BCUT2D eigenvalue weighted by Crippen LogP contribution is -2.26. The van der Waals surface area contributed by atoms with Crippen LogP contribution in [0.1, 0.15) is 33.9 Å². The summed E-state index contributed by atoms with van der Waals surface area (Å²) in [5.74, 6) is 1.39. The van der Waals surface area contributed by atoms with E-state index in [-0.39, 0.29) is 5.91 Å². The summed E-state index contributed by atoms with van der Waals surface area (Å²) in [6.45, 7) is 2.00. The van der Waals surface area contributed by atoms with E-state index in [1.54, 1.807) is 32.0 Å². The number of methoxy groups -OCH3 is 2. The van der Waals surface area contributed by atoms with Gasteiger partial charge in [-0.3, -0.25) is 4.79 Å². The number of benzene rings is 1. The molecule has 1 heterocycles. The van der Waals surface area contributed by atoms with Crippen molar-refractivity contribution in [3.05, 3.63) is 53.0 Å². The van der Waals surface area contributed by atoms with Gasteiger partial charge in [-0.25, -0.2) is 4.79 Å². The second kappa shape index (κ2) is 8.37. The van der Waals surface area contributed by atoms with E-state index in [1.807, 2.05) is 24.3 Å². The number of carbonyl (C=O) groups excluding carboxylic acids is 2. The second-order valence-electron chi connectivity index (χ2n) is 5.77. The molecule has 6 nitrogen and oxygen atoms in total. The number of amides is 1. The normalized spacial score (nSPS) is 10.4. The van der Waals surface area contributed by atoms with E-state index < -0.39 is 5.97 Å². The Morgan fingerprint density at radius 3 is 2.44 bits per heavy atom. The lowest BCUT2D eigenvalue weighted by molar-refractivity contribution is -0.130. The summed E-state index contributed by atoms with van der Waals surface area (Å²) >= 11 is 0. The topological polar surface area (TPSA) is 69.0 Å². The standard InChI is InChI=1S/C19H23NO5/c1-13-17(19(22)24-4)11-16(25-13)12-20(2)18(21)10-7-14-5-8-15(23-3)9-6-14/h5-6,8-9,11H,7,10,12H2,1-4H3. The molecule has 0 aliphatic carbocycles. The zero-order valence-electron chi connectivity index (χ0n) is 15.0. The van der Waals surface area contributed by atoms with Crippen LogP contribution in [0.25, 0.3) is 0 Å². The van der Waals surface area contributed by atoms with Crippen molar-refractivity contribution in [3.63, 3.8) is 0 Å². The molecule has 1 aromatic heterocycles. The van der Waals surface area contributed by atoms with Gasteiger partial charge >= 0.3 is 5.97 Å². The molecule has 0 aliphatic rings. The Kier molecular flexibility index (Phi) is 6.22. The van der Waals surface area contributed by atoms with E-state index in [0.29, 0.717) is 36.5 Å². The highest BCUT2D eigenvalue weighted by atomic mass is 16.5. The first-order chi connectivity index (χ1) is 11.9. The third-order valence-electron chi connectivity index (χ3n) is 3.98. The SMILES string of the molecule is COC(=O)c1cc(CN(C)C(=O)CCc2ccc(OC)cc2)oc1C. The van der Waals surface area contributed by atoms with E-state index in [1.165, 1.54) is 7.11 Å². The van der Waals surface area contributed by atoms with E-state index in [4.69, 9.17) is 13.9 Å². The largest absolute Gasteiger partial charge is 0.497 e. The quantitative estimate of drug-likeness (QED) is 0.722. The molecule has 0 atom stereocenters. The van der Waals surface area contributed by atoms with Crippen LogP contribution in [0.2, 0.25) is 0 Å². The molecule has 0 radical (unpaired) electrons. The van der Waals surface area contributed by atoms with Crippen LogP contribution in [0.3, 0.4) is 0 Å². The molecular weight excluding hydrogens is 322 g/mol. The third kappa shape index (κ3) is 4.86. The molecule has 134 valence electrons. The summed E-state index contributed by atoms with van der Waals surface area (Å²) in [5, 5.41) is 0. The number of esters is 1. The molecule has 0 saturated heterocycles. The van der Waals surface area contributed by atoms with Crippen molar-refractivity contribution in [2.45, 2.75) is 26.3 Å². The molecule has 0 saturated carbocycles. The Hall–Kier alpha value is -2.76. The van der Waals surface area contributed by atoms with Gasteiger partial charge in [-0.15, -0.1) is 0 Å². The Bertz CT molecular complexity index is 733. The fourth-order valence-corrected chi connectivity index (χ4v) is 2.49. The Morgan fingerprint density at radius 2 is 1.84 bits per heavy atom. The van der Waals surface area contributed by atoms with Gasteiger partial charge in [0, 0.05) is 13.5 Å². The second-order valence-corrected chi connectivity index (χ2v) is 5.77. The number of furan rings is 1. The molecule has 6 heteroatoms. The minimum atomic E-state index is -0.444. The van der Waals surface area contributed by atoms with E-state index in [0.717, 1.165) is 11.3 Å². The van der Waals surface area contributed by atoms with Crippen molar-refractivity contribution in [1.29, 1.82) is 0 Å². The molecule has 1 amide bonds. The number of nitrogens with zero attached hydrogens (tertiary/aromatic N) is 1. The summed E-state index contributed by atoms with van der Waals surface area (Å²) in [6, 6.07) is 9.27. The van der Waals surface area contributed by atoms with Gasteiger partial charge in [0.05, 0.1) is 20.8 Å². The van der Waals surface area contributed by atoms with Gasteiger partial charge in [0.15, 0.2) is 0 Å². The molecule has 2 rings (SSSR count). The van der Waals surface area contributed by atoms with Crippen LogP contribution in [-0.2, 0) is 22.5 Å². The van der Waals surface area contributed by atoms with Gasteiger partial charge in [0.1, 0.15) is 22.8 Å². The maximum Gasteiger partial charge on any atom is 0.341 e. The van der Waals surface area contributed by atoms with Crippen LogP contribution in [0.4, 0.5) is 0 Å². The van der Waals surface area contributed by atoms with Crippen molar-refractivity contribution < 1.29 is 23.5 Å². The molecule has 0 aliphatic heterocycles. The van der Waals surface area contributed by atoms with Crippen molar-refractivity contribution in [2.24, 2.45) is 0 Å². The first-order valence-corrected chi connectivity index (χ1v) is 7.99. The van der Waals surface area contributed by atoms with Gasteiger partial charge < -0.3 is 18.8 Å². The summed E-state index contributed by atoms with van der Waals surface area (Å²) in [6.07, 6.45) is 1.05. The zero-order chi connectivity index (χ0) is 18.4. The van der Waals surface area contributed by atoms with E-state index in [2.05, 4.69) is 0 Å². The van der Waals surface area contributed by atoms with Gasteiger partial charge in [-0.2, -0.15) is 0 Å². The van der Waals surface area contributed by atoms with Crippen LogP contribution >= 0.6 is 0 Å². The molecular formula is C19H23NO5. The number of hydrogen-bond donors (Lipinski definition) is 0. The van der Waals surface area contributed by atoms with Crippen LogP contribution < -0.4 is 4.74 Å². The molecule has 0 fully saturated rings. The Morgan fingerprint density at radius 1 is 1.16 bits per heavy atom. The monoisotopic (exact) mass is 345 g/mol. The van der Waals surface area contributed by atoms with Gasteiger partial charge in [0.25, 0.3) is 0 Å².